The first-order valence-corrected chi connectivity index (χ1v) is 7.14. The topological polar surface area (TPSA) is 12.9 Å². The molecule has 2 aromatic rings. The van der Waals surface area contributed by atoms with E-state index in [-0.39, 0.29) is 0 Å². The van der Waals surface area contributed by atoms with Crippen molar-refractivity contribution in [2.45, 2.75) is 32.6 Å². The fourth-order valence-corrected chi connectivity index (χ4v) is 2.85. The van der Waals surface area contributed by atoms with E-state index in [2.05, 4.69) is 44.0 Å². The van der Waals surface area contributed by atoms with Crippen molar-refractivity contribution in [1.82, 2.24) is 4.98 Å². The summed E-state index contributed by atoms with van der Waals surface area (Å²) in [6, 6.07) is 6.61. The molecule has 0 unspecified atom stereocenters. The molecule has 0 aliphatic carbocycles. The van der Waals surface area contributed by atoms with Crippen LogP contribution >= 0.6 is 22.9 Å². The van der Waals surface area contributed by atoms with Gasteiger partial charge in [-0.05, 0) is 30.0 Å². The maximum absolute atomic E-state index is 5.79. The average molecular weight is 266 g/mol. The van der Waals surface area contributed by atoms with Gasteiger partial charge in [0, 0.05) is 10.9 Å². The van der Waals surface area contributed by atoms with Gasteiger partial charge in [0.1, 0.15) is 5.01 Å². The molecule has 90 valence electrons. The van der Waals surface area contributed by atoms with Gasteiger partial charge in [-0.3, -0.25) is 0 Å². The Balaban J connectivity index is 2.46. The van der Waals surface area contributed by atoms with Crippen molar-refractivity contribution >= 4 is 22.9 Å². The molecule has 1 aromatic carbocycles. The molecule has 0 spiro atoms. The zero-order valence-electron chi connectivity index (χ0n) is 10.3. The fraction of sp³-hybridized carbons (Fsp3) is 0.357. The van der Waals surface area contributed by atoms with Gasteiger partial charge in [-0.15, -0.1) is 22.9 Å². The van der Waals surface area contributed by atoms with Crippen LogP contribution in [0.2, 0.25) is 0 Å². The number of rotatable bonds is 3. The molecule has 0 saturated heterocycles. The third kappa shape index (κ3) is 2.70. The predicted octanol–water partition coefficient (Wildman–Crippen LogP) is 4.98. The first-order chi connectivity index (χ1) is 8.11. The SMILES string of the molecule is Cc1ccc(C(C)C)cc1-c1nc(CCl)cs1. The van der Waals surface area contributed by atoms with E-state index in [0.29, 0.717) is 11.8 Å². The third-order valence-electron chi connectivity index (χ3n) is 2.85. The summed E-state index contributed by atoms with van der Waals surface area (Å²) in [4.78, 5) is 4.55. The minimum absolute atomic E-state index is 0.486. The Morgan fingerprint density at radius 1 is 1.35 bits per heavy atom. The molecule has 0 aliphatic heterocycles. The highest BCUT2D eigenvalue weighted by atomic mass is 35.5. The maximum atomic E-state index is 5.79. The summed E-state index contributed by atoms with van der Waals surface area (Å²) in [7, 11) is 0. The van der Waals surface area contributed by atoms with Crippen LogP contribution in [-0.2, 0) is 5.88 Å². The van der Waals surface area contributed by atoms with Crippen molar-refractivity contribution in [3.63, 3.8) is 0 Å². The standard InChI is InChI=1S/C14H16ClNS/c1-9(2)11-5-4-10(3)13(6-11)14-16-12(7-15)8-17-14/h4-6,8-9H,7H2,1-3H3. The second kappa shape index (κ2) is 5.19. The van der Waals surface area contributed by atoms with E-state index in [1.165, 1.54) is 16.7 Å². The van der Waals surface area contributed by atoms with Gasteiger partial charge in [-0.2, -0.15) is 0 Å². The van der Waals surface area contributed by atoms with E-state index in [1.807, 2.05) is 5.38 Å². The van der Waals surface area contributed by atoms with E-state index in [0.717, 1.165) is 10.7 Å². The summed E-state index contributed by atoms with van der Waals surface area (Å²) in [6.07, 6.45) is 0. The van der Waals surface area contributed by atoms with Crippen LogP contribution in [0.25, 0.3) is 10.6 Å². The molecular weight excluding hydrogens is 250 g/mol. The molecular formula is C14H16ClNS. The first kappa shape index (κ1) is 12.6. The number of alkyl halides is 1. The monoisotopic (exact) mass is 265 g/mol. The highest BCUT2D eigenvalue weighted by molar-refractivity contribution is 7.13. The lowest BCUT2D eigenvalue weighted by atomic mass is 9.98. The Labute approximate surface area is 111 Å². The summed E-state index contributed by atoms with van der Waals surface area (Å²) in [5.41, 5.74) is 4.82. The molecule has 3 heteroatoms. The van der Waals surface area contributed by atoms with Crippen LogP contribution in [0.1, 0.15) is 36.6 Å². The number of hydrogen-bond donors (Lipinski definition) is 0. The lowest BCUT2D eigenvalue weighted by Crippen LogP contribution is -1.91. The van der Waals surface area contributed by atoms with Crippen LogP contribution < -0.4 is 0 Å². The number of thiazole rings is 1. The molecule has 0 atom stereocenters. The van der Waals surface area contributed by atoms with Crippen molar-refractivity contribution in [1.29, 1.82) is 0 Å². The highest BCUT2D eigenvalue weighted by Gasteiger charge is 2.09. The molecule has 0 N–H and O–H groups in total. The van der Waals surface area contributed by atoms with Crippen LogP contribution in [0.3, 0.4) is 0 Å². The Hall–Kier alpha value is -0.860. The molecule has 1 nitrogen and oxygen atoms in total. The molecule has 0 fully saturated rings. The quantitative estimate of drug-likeness (QED) is 0.713. The zero-order valence-corrected chi connectivity index (χ0v) is 11.9. The Morgan fingerprint density at radius 3 is 2.71 bits per heavy atom. The lowest BCUT2D eigenvalue weighted by Gasteiger charge is -2.09. The Kier molecular flexibility index (Phi) is 3.85. The van der Waals surface area contributed by atoms with Crippen molar-refractivity contribution in [3.05, 3.63) is 40.4 Å². The van der Waals surface area contributed by atoms with Crippen molar-refractivity contribution < 1.29 is 0 Å². The summed E-state index contributed by atoms with van der Waals surface area (Å²) >= 11 is 7.46. The normalized spacial score (nSPS) is 11.1. The molecule has 0 bridgehead atoms. The van der Waals surface area contributed by atoms with Gasteiger partial charge in [-0.1, -0.05) is 26.0 Å². The van der Waals surface area contributed by atoms with Crippen molar-refractivity contribution in [2.24, 2.45) is 0 Å². The van der Waals surface area contributed by atoms with Gasteiger partial charge in [0.2, 0.25) is 0 Å². The molecule has 0 radical (unpaired) electrons. The number of aromatic nitrogens is 1. The smallest absolute Gasteiger partial charge is 0.123 e. The van der Waals surface area contributed by atoms with Crippen LogP contribution in [0, 0.1) is 6.92 Å². The molecule has 1 aromatic heterocycles. The summed E-state index contributed by atoms with van der Waals surface area (Å²) in [6.45, 7) is 6.54. The highest BCUT2D eigenvalue weighted by Crippen LogP contribution is 2.30. The second-order valence-electron chi connectivity index (χ2n) is 4.51. The van der Waals surface area contributed by atoms with Crippen LogP contribution in [0.15, 0.2) is 23.6 Å². The molecule has 0 amide bonds. The lowest BCUT2D eigenvalue weighted by molar-refractivity contribution is 0.866. The first-order valence-electron chi connectivity index (χ1n) is 5.73. The van der Waals surface area contributed by atoms with Gasteiger partial charge in [0.15, 0.2) is 0 Å². The number of hydrogen-bond acceptors (Lipinski definition) is 2. The summed E-state index contributed by atoms with van der Waals surface area (Å²) < 4.78 is 0. The predicted molar refractivity (Wildman–Crippen MR) is 75.9 cm³/mol. The summed E-state index contributed by atoms with van der Waals surface area (Å²) in [5.74, 6) is 1.03. The van der Waals surface area contributed by atoms with Crippen molar-refractivity contribution in [2.75, 3.05) is 0 Å². The minimum atomic E-state index is 0.486. The van der Waals surface area contributed by atoms with Gasteiger partial charge in [-0.25, -0.2) is 4.98 Å². The molecule has 0 saturated carbocycles. The molecule has 0 aliphatic rings. The van der Waals surface area contributed by atoms with Gasteiger partial charge >= 0.3 is 0 Å². The van der Waals surface area contributed by atoms with E-state index in [9.17, 15) is 0 Å². The number of benzene rings is 1. The minimum Gasteiger partial charge on any atom is -0.240 e. The average Bonchev–Trinajstić information content (AvgIpc) is 2.77. The maximum Gasteiger partial charge on any atom is 0.123 e. The largest absolute Gasteiger partial charge is 0.240 e. The number of nitrogens with zero attached hydrogens (tertiary/aromatic N) is 1. The summed E-state index contributed by atoms with van der Waals surface area (Å²) in [5, 5.41) is 3.10. The van der Waals surface area contributed by atoms with Crippen LogP contribution in [0.4, 0.5) is 0 Å². The van der Waals surface area contributed by atoms with Crippen LogP contribution in [0.5, 0.6) is 0 Å². The number of aryl methyl sites for hydroxylation is 1. The van der Waals surface area contributed by atoms with E-state index >= 15 is 0 Å². The molecule has 1 heterocycles. The zero-order chi connectivity index (χ0) is 12.4. The Morgan fingerprint density at radius 2 is 2.12 bits per heavy atom. The molecule has 17 heavy (non-hydrogen) atoms. The van der Waals surface area contributed by atoms with Crippen LogP contribution in [-0.4, -0.2) is 4.98 Å². The number of halogens is 1. The van der Waals surface area contributed by atoms with Gasteiger partial charge in [0.05, 0.1) is 11.6 Å². The second-order valence-corrected chi connectivity index (χ2v) is 5.63. The van der Waals surface area contributed by atoms with E-state index < -0.39 is 0 Å². The van der Waals surface area contributed by atoms with Gasteiger partial charge in [0.25, 0.3) is 0 Å². The Bertz CT molecular complexity index is 517. The third-order valence-corrected chi connectivity index (χ3v) is 4.05. The van der Waals surface area contributed by atoms with Gasteiger partial charge < -0.3 is 0 Å². The fourth-order valence-electron chi connectivity index (χ4n) is 1.72. The van der Waals surface area contributed by atoms with Crippen molar-refractivity contribution in [3.8, 4) is 10.6 Å². The van der Waals surface area contributed by atoms with E-state index in [4.69, 9.17) is 11.6 Å². The van der Waals surface area contributed by atoms with E-state index in [1.54, 1.807) is 11.3 Å². The molecule has 2 rings (SSSR count).